The molecule has 0 spiro atoms. The highest BCUT2D eigenvalue weighted by Gasteiger charge is 2.20. The van der Waals surface area contributed by atoms with E-state index in [1.54, 1.807) is 6.08 Å². The van der Waals surface area contributed by atoms with E-state index in [9.17, 15) is 8.42 Å². The molecule has 16 heavy (non-hydrogen) atoms. The molecule has 0 bridgehead atoms. The number of hydrogen-bond acceptors (Lipinski definition) is 2. The van der Waals surface area contributed by atoms with Crippen molar-refractivity contribution < 1.29 is 8.42 Å². The first-order valence-corrected chi connectivity index (χ1v) is 6.43. The summed E-state index contributed by atoms with van der Waals surface area (Å²) < 4.78 is 22.0. The Bertz CT molecular complexity index is 564. The maximum absolute atomic E-state index is 11.0. The first kappa shape index (κ1) is 11.2. The molecule has 0 aromatic heterocycles. The van der Waals surface area contributed by atoms with Crippen LogP contribution in [-0.2, 0) is 22.5 Å². The van der Waals surface area contributed by atoms with Crippen LogP contribution in [0.2, 0.25) is 0 Å². The summed E-state index contributed by atoms with van der Waals surface area (Å²) in [5, 5.41) is 0. The predicted molar refractivity (Wildman–Crippen MR) is 70.0 cm³/mol. The van der Waals surface area contributed by atoms with Crippen LogP contribution >= 0.6 is 0 Å². The Labute approximate surface area is 101 Å². The lowest BCUT2D eigenvalue weighted by atomic mass is 9.88. The van der Waals surface area contributed by atoms with Gasteiger partial charge in [0.05, 0.1) is 32.2 Å². The standard InChI is InChI=1S/C12H10O2S2/c1-2-8-6-10-9(12(7-8)16-14)4-3-5-11(10)15-13/h3-7H,2H2,1H3. The molecule has 2 aliphatic carbocycles. The molecule has 0 amide bonds. The number of hydrogen-bond donors (Lipinski definition) is 0. The summed E-state index contributed by atoms with van der Waals surface area (Å²) in [7, 11) is 0. The summed E-state index contributed by atoms with van der Waals surface area (Å²) >= 11 is 0.961. The minimum absolute atomic E-state index is 0.475. The van der Waals surface area contributed by atoms with Gasteiger partial charge < -0.3 is 0 Å². The van der Waals surface area contributed by atoms with Gasteiger partial charge in [0.15, 0.2) is 0 Å². The fraction of sp³-hybridized carbons (Fsp3) is 0.167. The highest BCUT2D eigenvalue weighted by Crippen LogP contribution is 2.26. The third-order valence-electron chi connectivity index (χ3n) is 2.57. The lowest BCUT2D eigenvalue weighted by molar-refractivity contribution is 0.700. The van der Waals surface area contributed by atoms with Crippen LogP contribution in [0.4, 0.5) is 0 Å². The van der Waals surface area contributed by atoms with Crippen LogP contribution < -0.4 is 0 Å². The Hall–Kier alpha value is -1.26. The summed E-state index contributed by atoms with van der Waals surface area (Å²) in [5.41, 5.74) is 2.85. The molecule has 0 radical (unpaired) electrons. The lowest BCUT2D eigenvalue weighted by Crippen LogP contribution is -2.16. The zero-order chi connectivity index (χ0) is 11.5. The van der Waals surface area contributed by atoms with Crippen molar-refractivity contribution in [2.75, 3.05) is 0 Å². The second-order valence-electron chi connectivity index (χ2n) is 3.47. The average molecular weight is 250 g/mol. The van der Waals surface area contributed by atoms with Gasteiger partial charge in [-0.1, -0.05) is 19.1 Å². The van der Waals surface area contributed by atoms with Gasteiger partial charge in [0.25, 0.3) is 0 Å². The van der Waals surface area contributed by atoms with Gasteiger partial charge in [-0.05, 0) is 30.2 Å². The lowest BCUT2D eigenvalue weighted by Gasteiger charge is -2.18. The molecular weight excluding hydrogens is 240 g/mol. The third kappa shape index (κ3) is 1.86. The second-order valence-corrected chi connectivity index (χ2v) is 4.68. The molecule has 0 aliphatic heterocycles. The molecular formula is C12H10O2S2. The van der Waals surface area contributed by atoms with Gasteiger partial charge in [0.1, 0.15) is 0 Å². The number of allylic oxidation sites excluding steroid dienone is 8. The van der Waals surface area contributed by atoms with Gasteiger partial charge in [0, 0.05) is 11.1 Å². The molecule has 2 aliphatic rings. The Morgan fingerprint density at radius 3 is 2.44 bits per heavy atom. The van der Waals surface area contributed by atoms with E-state index in [0.29, 0.717) is 32.2 Å². The van der Waals surface area contributed by atoms with Crippen molar-refractivity contribution in [1.82, 2.24) is 0 Å². The number of rotatable bonds is 1. The van der Waals surface area contributed by atoms with Gasteiger partial charge in [-0.3, -0.25) is 0 Å². The first-order chi connectivity index (χ1) is 7.80. The molecule has 0 aromatic rings. The van der Waals surface area contributed by atoms with Crippen molar-refractivity contribution in [2.24, 2.45) is 0 Å². The molecule has 2 rings (SSSR count). The molecule has 0 N–H and O–H groups in total. The molecule has 0 heterocycles. The second kappa shape index (κ2) is 4.72. The molecule has 0 saturated heterocycles. The Balaban J connectivity index is 2.65. The van der Waals surface area contributed by atoms with Crippen LogP contribution in [0.25, 0.3) is 0 Å². The summed E-state index contributed by atoms with van der Waals surface area (Å²) in [6.45, 7) is 2.04. The predicted octanol–water partition coefficient (Wildman–Crippen LogP) is 1.53. The normalized spacial score (nSPS) is 18.4. The van der Waals surface area contributed by atoms with Crippen LogP contribution in [0.5, 0.6) is 0 Å². The fourth-order valence-electron chi connectivity index (χ4n) is 1.73. The maximum atomic E-state index is 11.0. The summed E-state index contributed by atoms with van der Waals surface area (Å²) in [6.07, 6.45) is 10.2. The van der Waals surface area contributed by atoms with E-state index >= 15 is 0 Å². The highest BCUT2D eigenvalue weighted by molar-refractivity contribution is 7.68. The van der Waals surface area contributed by atoms with Crippen molar-refractivity contribution in [1.29, 1.82) is 0 Å². The van der Waals surface area contributed by atoms with Crippen molar-refractivity contribution in [3.05, 3.63) is 47.1 Å². The van der Waals surface area contributed by atoms with E-state index in [1.807, 2.05) is 31.2 Å². The molecule has 2 nitrogen and oxygen atoms in total. The zero-order valence-corrected chi connectivity index (χ0v) is 10.4. The van der Waals surface area contributed by atoms with Crippen molar-refractivity contribution in [3.63, 3.8) is 0 Å². The zero-order valence-electron chi connectivity index (χ0n) is 8.73. The van der Waals surface area contributed by atoms with E-state index in [1.165, 1.54) is 0 Å². The monoisotopic (exact) mass is 250 g/mol. The van der Waals surface area contributed by atoms with E-state index in [0.717, 1.165) is 23.1 Å². The minimum atomic E-state index is 0.475. The van der Waals surface area contributed by atoms with Crippen molar-refractivity contribution >= 4 is 32.2 Å². The maximum Gasteiger partial charge on any atom is 0.0971 e. The van der Waals surface area contributed by atoms with E-state index in [-0.39, 0.29) is 0 Å². The van der Waals surface area contributed by atoms with Crippen LogP contribution in [0.3, 0.4) is 0 Å². The molecule has 0 unspecified atom stereocenters. The third-order valence-corrected chi connectivity index (χ3v) is 3.62. The van der Waals surface area contributed by atoms with Crippen LogP contribution in [0.1, 0.15) is 13.3 Å². The smallest absolute Gasteiger partial charge is 0.0971 e. The van der Waals surface area contributed by atoms with Crippen molar-refractivity contribution in [2.45, 2.75) is 13.3 Å². The SMILES string of the molecule is CCC1=CC(=S=O)C2=CC=CC(=S=O)C2=C1. The largest absolute Gasteiger partial charge is 0.212 e. The van der Waals surface area contributed by atoms with E-state index in [4.69, 9.17) is 0 Å². The van der Waals surface area contributed by atoms with E-state index in [2.05, 4.69) is 0 Å². The molecule has 0 fully saturated rings. The first-order valence-electron chi connectivity index (χ1n) is 4.95. The van der Waals surface area contributed by atoms with Crippen LogP contribution in [-0.4, -0.2) is 18.1 Å². The Kier molecular flexibility index (Phi) is 3.31. The quantitative estimate of drug-likeness (QED) is 0.661. The number of fused-ring (bicyclic) bond motifs is 1. The van der Waals surface area contributed by atoms with Gasteiger partial charge >= 0.3 is 0 Å². The van der Waals surface area contributed by atoms with Gasteiger partial charge in [-0.15, -0.1) is 0 Å². The van der Waals surface area contributed by atoms with Crippen LogP contribution in [0.15, 0.2) is 47.1 Å². The molecule has 82 valence electrons. The van der Waals surface area contributed by atoms with Gasteiger partial charge in [-0.2, -0.15) is 0 Å². The molecule has 0 aromatic carbocycles. The fourth-order valence-corrected chi connectivity index (χ4v) is 2.59. The highest BCUT2D eigenvalue weighted by atomic mass is 32.1. The van der Waals surface area contributed by atoms with Gasteiger partial charge in [-0.25, -0.2) is 8.42 Å². The van der Waals surface area contributed by atoms with Crippen LogP contribution in [0, 0.1) is 0 Å². The summed E-state index contributed by atoms with van der Waals surface area (Å²) in [5.74, 6) is 0. The molecule has 0 saturated carbocycles. The topological polar surface area (TPSA) is 34.1 Å². The van der Waals surface area contributed by atoms with Crippen molar-refractivity contribution in [3.8, 4) is 0 Å². The van der Waals surface area contributed by atoms with E-state index < -0.39 is 0 Å². The summed E-state index contributed by atoms with van der Waals surface area (Å²) in [4.78, 5) is 1.38. The minimum Gasteiger partial charge on any atom is -0.212 e. The molecule has 4 heteroatoms. The average Bonchev–Trinajstić information content (AvgIpc) is 2.36. The Morgan fingerprint density at radius 2 is 1.81 bits per heavy atom. The van der Waals surface area contributed by atoms with Gasteiger partial charge in [0.2, 0.25) is 0 Å². The Morgan fingerprint density at radius 1 is 1.06 bits per heavy atom. The summed E-state index contributed by atoms with van der Waals surface area (Å²) in [6, 6.07) is 0. The molecule has 0 atom stereocenters.